The quantitative estimate of drug-likeness (QED) is 0.717. The lowest BCUT2D eigenvalue weighted by Crippen LogP contribution is -2.45. The van der Waals surface area contributed by atoms with Crippen LogP contribution in [0, 0.1) is 11.8 Å². The second kappa shape index (κ2) is 5.20. The van der Waals surface area contributed by atoms with Gasteiger partial charge in [0.1, 0.15) is 0 Å². The average Bonchev–Trinajstić information content (AvgIpc) is 2.07. The fraction of sp³-hybridized carbons (Fsp3) is 0.900. The fourth-order valence-corrected chi connectivity index (χ4v) is 1.45. The van der Waals surface area contributed by atoms with Crippen molar-refractivity contribution in [2.75, 3.05) is 13.2 Å². The van der Waals surface area contributed by atoms with E-state index in [4.69, 9.17) is 9.84 Å². The fourth-order valence-electron chi connectivity index (χ4n) is 1.45. The smallest absolute Gasteiger partial charge is 0.407 e. The third kappa shape index (κ3) is 3.54. The van der Waals surface area contributed by atoms with Gasteiger partial charge < -0.3 is 15.2 Å². The summed E-state index contributed by atoms with van der Waals surface area (Å²) >= 11 is 0. The minimum absolute atomic E-state index is 0.201. The van der Waals surface area contributed by atoms with E-state index < -0.39 is 0 Å². The molecule has 0 saturated heterocycles. The van der Waals surface area contributed by atoms with Gasteiger partial charge in [0.15, 0.2) is 0 Å². The largest absolute Gasteiger partial charge is 0.449 e. The van der Waals surface area contributed by atoms with Gasteiger partial charge in [-0.2, -0.15) is 0 Å². The van der Waals surface area contributed by atoms with Crippen LogP contribution in [0.2, 0.25) is 0 Å². The standard InChI is InChI=1S/C10H19NO3/c1-7(2)6-14-10(13)11-9-3-8(4-9)5-12/h7-9,12H,3-6H2,1-2H3,(H,11,13). The Bertz CT molecular complexity index is 188. The van der Waals surface area contributed by atoms with E-state index in [0.717, 1.165) is 12.8 Å². The van der Waals surface area contributed by atoms with E-state index in [0.29, 0.717) is 18.4 Å². The van der Waals surface area contributed by atoms with Crippen LogP contribution in [0.4, 0.5) is 4.79 Å². The molecule has 2 N–H and O–H groups in total. The third-order valence-electron chi connectivity index (χ3n) is 2.36. The van der Waals surface area contributed by atoms with Crippen LogP contribution in [0.1, 0.15) is 26.7 Å². The molecule has 0 atom stereocenters. The van der Waals surface area contributed by atoms with Crippen molar-refractivity contribution in [1.29, 1.82) is 0 Å². The molecule has 0 aromatic carbocycles. The van der Waals surface area contributed by atoms with Crippen LogP contribution in [0.5, 0.6) is 0 Å². The van der Waals surface area contributed by atoms with Gasteiger partial charge in [-0.05, 0) is 24.7 Å². The lowest BCUT2D eigenvalue weighted by Gasteiger charge is -2.34. The topological polar surface area (TPSA) is 58.6 Å². The summed E-state index contributed by atoms with van der Waals surface area (Å²) in [5.74, 6) is 0.734. The first-order chi connectivity index (χ1) is 6.61. The maximum absolute atomic E-state index is 11.1. The summed E-state index contributed by atoms with van der Waals surface area (Å²) in [6.07, 6.45) is 1.40. The molecule has 4 heteroatoms. The maximum atomic E-state index is 11.1. The normalized spacial score (nSPS) is 25.7. The minimum Gasteiger partial charge on any atom is -0.449 e. The number of aliphatic hydroxyl groups is 1. The van der Waals surface area contributed by atoms with Crippen molar-refractivity contribution >= 4 is 6.09 Å². The number of carbonyl (C=O) groups excluding carboxylic acids is 1. The molecule has 1 aliphatic carbocycles. The summed E-state index contributed by atoms with van der Waals surface area (Å²) < 4.78 is 4.97. The highest BCUT2D eigenvalue weighted by molar-refractivity contribution is 5.67. The maximum Gasteiger partial charge on any atom is 0.407 e. The molecule has 0 bridgehead atoms. The predicted octanol–water partition coefficient (Wildman–Crippen LogP) is 1.14. The van der Waals surface area contributed by atoms with E-state index in [9.17, 15) is 4.79 Å². The SMILES string of the molecule is CC(C)COC(=O)NC1CC(CO)C1. The average molecular weight is 201 g/mol. The van der Waals surface area contributed by atoms with E-state index in [1.54, 1.807) is 0 Å². The first-order valence-electron chi connectivity index (χ1n) is 5.16. The van der Waals surface area contributed by atoms with Gasteiger partial charge >= 0.3 is 6.09 Å². The zero-order valence-electron chi connectivity index (χ0n) is 8.82. The molecular formula is C10H19NO3. The highest BCUT2D eigenvalue weighted by atomic mass is 16.5. The Morgan fingerprint density at radius 2 is 2.21 bits per heavy atom. The molecule has 1 rings (SSSR count). The zero-order valence-corrected chi connectivity index (χ0v) is 8.82. The van der Waals surface area contributed by atoms with Crippen molar-refractivity contribution in [2.24, 2.45) is 11.8 Å². The Balaban J connectivity index is 2.04. The van der Waals surface area contributed by atoms with Gasteiger partial charge in [0.25, 0.3) is 0 Å². The summed E-state index contributed by atoms with van der Waals surface area (Å²) in [7, 11) is 0. The lowest BCUT2D eigenvalue weighted by molar-refractivity contribution is 0.0989. The number of rotatable bonds is 4. The number of ether oxygens (including phenoxy) is 1. The lowest BCUT2D eigenvalue weighted by atomic mass is 9.81. The number of amides is 1. The van der Waals surface area contributed by atoms with Crippen molar-refractivity contribution in [3.05, 3.63) is 0 Å². The number of nitrogens with one attached hydrogen (secondary N) is 1. The predicted molar refractivity (Wildman–Crippen MR) is 52.9 cm³/mol. The summed E-state index contributed by atoms with van der Waals surface area (Å²) in [6.45, 7) is 4.68. The van der Waals surface area contributed by atoms with E-state index >= 15 is 0 Å². The number of hydrogen-bond donors (Lipinski definition) is 2. The zero-order chi connectivity index (χ0) is 10.6. The molecule has 1 saturated carbocycles. The molecule has 1 fully saturated rings. The first-order valence-corrected chi connectivity index (χ1v) is 5.16. The second-order valence-electron chi connectivity index (χ2n) is 4.35. The van der Waals surface area contributed by atoms with Crippen LogP contribution in [-0.2, 0) is 4.74 Å². The molecule has 1 amide bonds. The van der Waals surface area contributed by atoms with Gasteiger partial charge in [0.2, 0.25) is 0 Å². The van der Waals surface area contributed by atoms with Gasteiger partial charge in [-0.25, -0.2) is 4.79 Å². The van der Waals surface area contributed by atoms with E-state index in [-0.39, 0.29) is 18.7 Å². The van der Waals surface area contributed by atoms with Crippen LogP contribution in [0.25, 0.3) is 0 Å². The van der Waals surface area contributed by atoms with Crippen LogP contribution < -0.4 is 5.32 Å². The van der Waals surface area contributed by atoms with Crippen molar-refractivity contribution in [3.63, 3.8) is 0 Å². The highest BCUT2D eigenvalue weighted by Gasteiger charge is 2.29. The number of aliphatic hydroxyl groups excluding tert-OH is 1. The van der Waals surface area contributed by atoms with E-state index in [1.165, 1.54) is 0 Å². The molecular weight excluding hydrogens is 182 g/mol. The molecule has 0 radical (unpaired) electrons. The van der Waals surface area contributed by atoms with Gasteiger partial charge in [-0.15, -0.1) is 0 Å². The van der Waals surface area contributed by atoms with E-state index in [1.807, 2.05) is 13.8 Å². The minimum atomic E-state index is -0.333. The van der Waals surface area contributed by atoms with Gasteiger partial charge in [0.05, 0.1) is 6.61 Å². The second-order valence-corrected chi connectivity index (χ2v) is 4.35. The van der Waals surface area contributed by atoms with Gasteiger partial charge in [-0.1, -0.05) is 13.8 Å². The first kappa shape index (κ1) is 11.3. The molecule has 0 aromatic heterocycles. The summed E-state index contributed by atoms with van der Waals surface area (Å²) in [4.78, 5) is 11.1. The van der Waals surface area contributed by atoms with Gasteiger partial charge in [-0.3, -0.25) is 0 Å². The van der Waals surface area contributed by atoms with Crippen molar-refractivity contribution < 1.29 is 14.6 Å². The summed E-state index contributed by atoms with van der Waals surface area (Å²) in [5.41, 5.74) is 0. The Morgan fingerprint density at radius 1 is 1.57 bits per heavy atom. The Hall–Kier alpha value is -0.770. The number of alkyl carbamates (subject to hydrolysis) is 1. The van der Waals surface area contributed by atoms with Crippen molar-refractivity contribution in [3.8, 4) is 0 Å². The van der Waals surface area contributed by atoms with Crippen LogP contribution in [0.15, 0.2) is 0 Å². The highest BCUT2D eigenvalue weighted by Crippen LogP contribution is 2.26. The monoisotopic (exact) mass is 201 g/mol. The molecule has 0 spiro atoms. The Morgan fingerprint density at radius 3 is 2.71 bits per heavy atom. The van der Waals surface area contributed by atoms with Crippen LogP contribution >= 0.6 is 0 Å². The molecule has 0 aromatic rings. The number of carbonyl (C=O) groups is 1. The van der Waals surface area contributed by atoms with Crippen LogP contribution in [0.3, 0.4) is 0 Å². The summed E-state index contributed by atoms with van der Waals surface area (Å²) in [5, 5.41) is 11.5. The van der Waals surface area contributed by atoms with Crippen LogP contribution in [-0.4, -0.2) is 30.5 Å². The van der Waals surface area contributed by atoms with Crippen molar-refractivity contribution in [2.45, 2.75) is 32.7 Å². The molecule has 4 nitrogen and oxygen atoms in total. The molecule has 0 aliphatic heterocycles. The summed E-state index contributed by atoms with van der Waals surface area (Å²) in [6, 6.07) is 0.201. The Labute approximate surface area is 84.6 Å². The van der Waals surface area contributed by atoms with Gasteiger partial charge in [0, 0.05) is 12.6 Å². The molecule has 0 unspecified atom stereocenters. The molecule has 14 heavy (non-hydrogen) atoms. The third-order valence-corrected chi connectivity index (χ3v) is 2.36. The molecule has 0 heterocycles. The molecule has 1 aliphatic rings. The number of hydrogen-bond acceptors (Lipinski definition) is 3. The Kier molecular flexibility index (Phi) is 4.20. The van der Waals surface area contributed by atoms with E-state index in [2.05, 4.69) is 5.32 Å². The molecule has 82 valence electrons. The van der Waals surface area contributed by atoms with Crippen molar-refractivity contribution in [1.82, 2.24) is 5.32 Å².